The third-order valence-corrected chi connectivity index (χ3v) is 4.46. The van der Waals surface area contributed by atoms with E-state index in [0.29, 0.717) is 0 Å². The number of nitrogens with zero attached hydrogens (tertiary/aromatic N) is 1. The molecule has 0 aliphatic heterocycles. The zero-order chi connectivity index (χ0) is 14.8. The molecule has 1 aliphatic carbocycles. The standard InChI is InChI=1S/C17H21NO2/c1-12-6-7-13(10-15(12)20-3)14(11-18)16(19)17(2)8-4-5-9-17/h6-7,10,14H,4-5,8-9H2,1-3H3. The molecule has 3 heteroatoms. The first-order chi connectivity index (χ1) is 9.51. The van der Waals surface area contributed by atoms with Crippen LogP contribution in [-0.2, 0) is 4.79 Å². The van der Waals surface area contributed by atoms with Crippen molar-refractivity contribution in [3.8, 4) is 11.8 Å². The molecule has 1 aromatic carbocycles. The molecule has 0 bridgehead atoms. The summed E-state index contributed by atoms with van der Waals surface area (Å²) in [5.74, 6) is 0.100. The summed E-state index contributed by atoms with van der Waals surface area (Å²) in [6, 6.07) is 7.77. The Bertz CT molecular complexity index is 551. The highest BCUT2D eigenvalue weighted by Gasteiger charge is 2.40. The molecule has 1 unspecified atom stereocenters. The molecule has 1 fully saturated rings. The van der Waals surface area contributed by atoms with Crippen LogP contribution in [0.25, 0.3) is 0 Å². The lowest BCUT2D eigenvalue weighted by molar-refractivity contribution is -0.128. The SMILES string of the molecule is COc1cc(C(C#N)C(=O)C2(C)CCCC2)ccc1C. The molecule has 0 radical (unpaired) electrons. The van der Waals surface area contributed by atoms with Gasteiger partial charge in [-0.1, -0.05) is 31.9 Å². The molecular weight excluding hydrogens is 250 g/mol. The summed E-state index contributed by atoms with van der Waals surface area (Å²) in [5, 5.41) is 9.45. The predicted octanol–water partition coefficient (Wildman–Crippen LogP) is 3.76. The van der Waals surface area contributed by atoms with E-state index in [1.165, 1.54) is 0 Å². The third kappa shape index (κ3) is 2.56. The Morgan fingerprint density at radius 3 is 2.60 bits per heavy atom. The molecule has 1 atom stereocenters. The molecule has 2 rings (SSSR count). The molecule has 106 valence electrons. The summed E-state index contributed by atoms with van der Waals surface area (Å²) in [6.45, 7) is 3.95. The molecule has 1 saturated carbocycles. The number of aryl methyl sites for hydroxylation is 1. The normalized spacial score (nSPS) is 18.3. The van der Waals surface area contributed by atoms with Gasteiger partial charge in [-0.15, -0.1) is 0 Å². The topological polar surface area (TPSA) is 50.1 Å². The van der Waals surface area contributed by atoms with E-state index in [0.717, 1.165) is 42.6 Å². The number of hydrogen-bond donors (Lipinski definition) is 0. The second kappa shape index (κ2) is 5.66. The molecule has 0 heterocycles. The van der Waals surface area contributed by atoms with E-state index in [2.05, 4.69) is 6.07 Å². The Balaban J connectivity index is 2.33. The molecular formula is C17H21NO2. The second-order valence-corrected chi connectivity index (χ2v) is 5.92. The number of benzene rings is 1. The maximum Gasteiger partial charge on any atom is 0.160 e. The summed E-state index contributed by atoms with van der Waals surface area (Å²) < 4.78 is 5.29. The number of Topliss-reactive ketones (excluding diaryl/α,β-unsaturated/α-hetero) is 1. The van der Waals surface area contributed by atoms with E-state index in [4.69, 9.17) is 4.74 Å². The molecule has 1 aromatic rings. The lowest BCUT2D eigenvalue weighted by atomic mass is 9.76. The fraction of sp³-hybridized carbons (Fsp3) is 0.529. The lowest BCUT2D eigenvalue weighted by Gasteiger charge is -2.24. The van der Waals surface area contributed by atoms with Gasteiger partial charge >= 0.3 is 0 Å². The van der Waals surface area contributed by atoms with E-state index >= 15 is 0 Å². The molecule has 20 heavy (non-hydrogen) atoms. The van der Waals surface area contributed by atoms with Crippen molar-refractivity contribution < 1.29 is 9.53 Å². The Morgan fingerprint density at radius 1 is 1.40 bits per heavy atom. The van der Waals surface area contributed by atoms with Crippen molar-refractivity contribution in [3.05, 3.63) is 29.3 Å². The smallest absolute Gasteiger partial charge is 0.160 e. The Hall–Kier alpha value is -1.82. The van der Waals surface area contributed by atoms with Crippen LogP contribution in [0.1, 0.15) is 49.7 Å². The molecule has 1 aliphatic rings. The first-order valence-electron chi connectivity index (χ1n) is 7.10. The van der Waals surface area contributed by atoms with E-state index in [1.807, 2.05) is 32.0 Å². The largest absolute Gasteiger partial charge is 0.496 e. The van der Waals surface area contributed by atoms with Gasteiger partial charge in [0, 0.05) is 5.41 Å². The number of carbonyl (C=O) groups is 1. The Morgan fingerprint density at radius 2 is 2.05 bits per heavy atom. The number of hydrogen-bond acceptors (Lipinski definition) is 3. The molecule has 0 amide bonds. The van der Waals surface area contributed by atoms with E-state index < -0.39 is 5.92 Å². The second-order valence-electron chi connectivity index (χ2n) is 5.92. The van der Waals surface area contributed by atoms with Crippen molar-refractivity contribution in [2.45, 2.75) is 45.4 Å². The summed E-state index contributed by atoms with van der Waals surface area (Å²) in [7, 11) is 1.60. The van der Waals surface area contributed by atoms with Crippen LogP contribution in [0.15, 0.2) is 18.2 Å². The molecule has 0 spiro atoms. The van der Waals surface area contributed by atoms with Crippen molar-refractivity contribution in [3.63, 3.8) is 0 Å². The van der Waals surface area contributed by atoms with Crippen LogP contribution in [0.3, 0.4) is 0 Å². The van der Waals surface area contributed by atoms with Crippen LogP contribution in [0, 0.1) is 23.7 Å². The van der Waals surface area contributed by atoms with Gasteiger partial charge in [-0.25, -0.2) is 0 Å². The van der Waals surface area contributed by atoms with Crippen LogP contribution in [0.2, 0.25) is 0 Å². The van der Waals surface area contributed by atoms with Crippen molar-refractivity contribution in [1.82, 2.24) is 0 Å². The number of nitriles is 1. The number of ketones is 1. The van der Waals surface area contributed by atoms with Crippen LogP contribution in [0.4, 0.5) is 0 Å². The van der Waals surface area contributed by atoms with Crippen LogP contribution in [0.5, 0.6) is 5.75 Å². The molecule has 0 saturated heterocycles. The van der Waals surface area contributed by atoms with Crippen molar-refractivity contribution >= 4 is 5.78 Å². The fourth-order valence-corrected chi connectivity index (χ4v) is 3.05. The monoisotopic (exact) mass is 271 g/mol. The highest BCUT2D eigenvalue weighted by molar-refractivity contribution is 5.93. The zero-order valence-electron chi connectivity index (χ0n) is 12.4. The van der Waals surface area contributed by atoms with Gasteiger partial charge in [0.25, 0.3) is 0 Å². The third-order valence-electron chi connectivity index (χ3n) is 4.46. The van der Waals surface area contributed by atoms with Gasteiger partial charge in [0.15, 0.2) is 5.78 Å². The maximum atomic E-state index is 12.7. The number of rotatable bonds is 4. The summed E-state index contributed by atoms with van der Waals surface area (Å²) in [4.78, 5) is 12.7. The minimum atomic E-state index is -0.687. The van der Waals surface area contributed by atoms with Gasteiger partial charge < -0.3 is 4.74 Å². The van der Waals surface area contributed by atoms with Crippen LogP contribution >= 0.6 is 0 Å². The van der Waals surface area contributed by atoms with Gasteiger partial charge in [0.05, 0.1) is 13.2 Å². The average molecular weight is 271 g/mol. The van der Waals surface area contributed by atoms with Gasteiger partial charge in [-0.2, -0.15) is 5.26 Å². The zero-order valence-corrected chi connectivity index (χ0v) is 12.4. The van der Waals surface area contributed by atoms with Gasteiger partial charge in [0.1, 0.15) is 11.7 Å². The number of carbonyl (C=O) groups excluding carboxylic acids is 1. The minimum Gasteiger partial charge on any atom is -0.496 e. The van der Waals surface area contributed by atoms with Crippen molar-refractivity contribution in [2.75, 3.05) is 7.11 Å². The van der Waals surface area contributed by atoms with E-state index in [-0.39, 0.29) is 11.2 Å². The highest BCUT2D eigenvalue weighted by Crippen LogP contribution is 2.42. The number of methoxy groups -OCH3 is 1. The van der Waals surface area contributed by atoms with E-state index in [1.54, 1.807) is 7.11 Å². The first-order valence-corrected chi connectivity index (χ1v) is 7.10. The quantitative estimate of drug-likeness (QED) is 0.837. The Labute approximate surface area is 120 Å². The van der Waals surface area contributed by atoms with Gasteiger partial charge in [-0.05, 0) is 37.0 Å². The predicted molar refractivity (Wildman–Crippen MR) is 77.7 cm³/mol. The first kappa shape index (κ1) is 14.6. The lowest BCUT2D eigenvalue weighted by Crippen LogP contribution is -2.29. The molecule has 0 aromatic heterocycles. The Kier molecular flexibility index (Phi) is 4.13. The fourth-order valence-electron chi connectivity index (χ4n) is 3.05. The van der Waals surface area contributed by atoms with Crippen LogP contribution < -0.4 is 4.74 Å². The summed E-state index contributed by atoms with van der Waals surface area (Å²) in [6.07, 6.45) is 3.95. The van der Waals surface area contributed by atoms with Gasteiger partial charge in [0.2, 0.25) is 0 Å². The number of ether oxygens (including phenoxy) is 1. The van der Waals surface area contributed by atoms with Gasteiger partial charge in [-0.3, -0.25) is 4.79 Å². The maximum absolute atomic E-state index is 12.7. The highest BCUT2D eigenvalue weighted by atomic mass is 16.5. The van der Waals surface area contributed by atoms with Crippen LogP contribution in [-0.4, -0.2) is 12.9 Å². The van der Waals surface area contributed by atoms with E-state index in [9.17, 15) is 10.1 Å². The molecule has 3 nitrogen and oxygen atoms in total. The van der Waals surface area contributed by atoms with Crippen molar-refractivity contribution in [1.29, 1.82) is 5.26 Å². The average Bonchev–Trinajstić information content (AvgIpc) is 2.89. The summed E-state index contributed by atoms with van der Waals surface area (Å²) >= 11 is 0. The summed E-state index contributed by atoms with van der Waals surface area (Å²) in [5.41, 5.74) is 1.42. The van der Waals surface area contributed by atoms with Crippen molar-refractivity contribution in [2.24, 2.45) is 5.41 Å². The minimum absolute atomic E-state index is 0.0587. The molecule has 0 N–H and O–H groups in total.